The van der Waals surface area contributed by atoms with Crippen LogP contribution in [-0.4, -0.2) is 28.1 Å². The normalized spacial score (nSPS) is 28.2. The van der Waals surface area contributed by atoms with Crippen molar-refractivity contribution in [1.29, 1.82) is 0 Å². The van der Waals surface area contributed by atoms with Gasteiger partial charge in [-0.15, -0.1) is 0 Å². The van der Waals surface area contributed by atoms with Crippen LogP contribution in [0.25, 0.3) is 0 Å². The predicted octanol–water partition coefficient (Wildman–Crippen LogP) is 3.55. The molecule has 124 valence electrons. The highest BCUT2D eigenvalue weighted by molar-refractivity contribution is 5.17. The Kier molecular flexibility index (Phi) is 3.97. The Morgan fingerprint density at radius 2 is 2.22 bits per heavy atom. The van der Waals surface area contributed by atoms with Gasteiger partial charge in [-0.05, 0) is 49.8 Å². The number of furan rings is 1. The summed E-state index contributed by atoms with van der Waals surface area (Å²) in [4.78, 5) is 6.84. The van der Waals surface area contributed by atoms with Crippen LogP contribution in [0.4, 0.5) is 0 Å². The molecule has 3 heterocycles. The summed E-state index contributed by atoms with van der Waals surface area (Å²) in [5, 5.41) is 4.03. The second kappa shape index (κ2) is 6.11. The number of rotatable bonds is 5. The molecule has 5 heteroatoms. The summed E-state index contributed by atoms with van der Waals surface area (Å²) in [6.07, 6.45) is 4.67. The lowest BCUT2D eigenvalue weighted by atomic mass is 9.94. The third kappa shape index (κ3) is 3.50. The highest BCUT2D eigenvalue weighted by atomic mass is 16.5. The predicted molar refractivity (Wildman–Crippen MR) is 86.0 cm³/mol. The molecule has 1 saturated heterocycles. The number of aromatic nitrogens is 2. The van der Waals surface area contributed by atoms with Gasteiger partial charge in [-0.25, -0.2) is 0 Å². The van der Waals surface area contributed by atoms with E-state index in [0.717, 1.165) is 43.6 Å². The fourth-order valence-corrected chi connectivity index (χ4v) is 3.76. The van der Waals surface area contributed by atoms with E-state index in [0.29, 0.717) is 17.7 Å². The van der Waals surface area contributed by atoms with Crippen LogP contribution >= 0.6 is 0 Å². The van der Waals surface area contributed by atoms with E-state index >= 15 is 0 Å². The van der Waals surface area contributed by atoms with Crippen LogP contribution in [0.3, 0.4) is 0 Å². The molecule has 0 N–H and O–H groups in total. The van der Waals surface area contributed by atoms with Crippen molar-refractivity contribution in [2.24, 2.45) is 11.8 Å². The minimum absolute atomic E-state index is 0.610. The summed E-state index contributed by atoms with van der Waals surface area (Å²) in [7, 11) is 0. The summed E-state index contributed by atoms with van der Waals surface area (Å²) >= 11 is 0. The Morgan fingerprint density at radius 3 is 2.96 bits per heavy atom. The number of piperidine rings is 1. The van der Waals surface area contributed by atoms with Crippen molar-refractivity contribution in [1.82, 2.24) is 15.0 Å². The maximum atomic E-state index is 6.06. The summed E-state index contributed by atoms with van der Waals surface area (Å²) in [6, 6.07) is 4.33. The standard InChI is InChI=1S/C18H25N3O2/c1-12-8-16(12)17-6-5-15(22-17)11-21-7-3-4-14(10-21)9-18-19-13(2)23-20-18/h5-6,12,14,16H,3-4,7-11H2,1-2H3. The van der Waals surface area contributed by atoms with Crippen molar-refractivity contribution in [3.05, 3.63) is 35.4 Å². The average Bonchev–Trinajstić information content (AvgIpc) is 2.91. The van der Waals surface area contributed by atoms with E-state index in [9.17, 15) is 0 Å². The van der Waals surface area contributed by atoms with Crippen LogP contribution in [0.5, 0.6) is 0 Å². The summed E-state index contributed by atoms with van der Waals surface area (Å²) in [5.74, 6) is 5.87. The topological polar surface area (TPSA) is 55.3 Å². The minimum atomic E-state index is 0.610. The molecule has 0 amide bonds. The number of hydrogen-bond donors (Lipinski definition) is 0. The molecule has 2 fully saturated rings. The summed E-state index contributed by atoms with van der Waals surface area (Å²) in [6.45, 7) is 7.30. The van der Waals surface area contributed by atoms with Crippen LogP contribution in [0.15, 0.2) is 21.1 Å². The van der Waals surface area contributed by atoms with Crippen LogP contribution in [0.2, 0.25) is 0 Å². The third-order valence-corrected chi connectivity index (χ3v) is 5.18. The van der Waals surface area contributed by atoms with Gasteiger partial charge in [0.2, 0.25) is 5.89 Å². The summed E-state index contributed by atoms with van der Waals surface area (Å²) in [5.41, 5.74) is 0. The van der Waals surface area contributed by atoms with E-state index in [2.05, 4.69) is 34.1 Å². The van der Waals surface area contributed by atoms with Gasteiger partial charge >= 0.3 is 0 Å². The molecule has 5 nitrogen and oxygen atoms in total. The van der Waals surface area contributed by atoms with Gasteiger partial charge in [0.15, 0.2) is 5.82 Å². The van der Waals surface area contributed by atoms with Gasteiger partial charge in [0.1, 0.15) is 11.5 Å². The molecule has 2 aromatic rings. The Bertz CT molecular complexity index is 663. The van der Waals surface area contributed by atoms with Crippen LogP contribution in [0.1, 0.15) is 55.3 Å². The molecular formula is C18H25N3O2. The first-order valence-electron chi connectivity index (χ1n) is 8.77. The Balaban J connectivity index is 1.33. The maximum absolute atomic E-state index is 6.06. The number of likely N-dealkylation sites (tertiary alicyclic amines) is 1. The smallest absolute Gasteiger partial charge is 0.223 e. The van der Waals surface area contributed by atoms with E-state index in [-0.39, 0.29) is 0 Å². The molecule has 23 heavy (non-hydrogen) atoms. The fraction of sp³-hybridized carbons (Fsp3) is 0.667. The van der Waals surface area contributed by atoms with Crippen LogP contribution in [-0.2, 0) is 13.0 Å². The first-order chi connectivity index (χ1) is 11.2. The molecule has 1 aliphatic heterocycles. The Labute approximate surface area is 137 Å². The second-order valence-electron chi connectivity index (χ2n) is 7.30. The minimum Gasteiger partial charge on any atom is -0.464 e. The van der Waals surface area contributed by atoms with Crippen molar-refractivity contribution in [3.8, 4) is 0 Å². The van der Waals surface area contributed by atoms with Gasteiger partial charge in [-0.3, -0.25) is 4.90 Å². The van der Waals surface area contributed by atoms with Gasteiger partial charge in [-0.1, -0.05) is 12.1 Å². The summed E-state index contributed by atoms with van der Waals surface area (Å²) < 4.78 is 11.1. The lowest BCUT2D eigenvalue weighted by Gasteiger charge is -2.31. The molecule has 0 spiro atoms. The maximum Gasteiger partial charge on any atom is 0.223 e. The molecule has 4 rings (SSSR count). The molecule has 2 aliphatic rings. The highest BCUT2D eigenvalue weighted by Gasteiger charge is 2.36. The Hall–Kier alpha value is -1.62. The van der Waals surface area contributed by atoms with Gasteiger partial charge < -0.3 is 8.94 Å². The molecule has 2 aromatic heterocycles. The number of nitrogens with zero attached hydrogens (tertiary/aromatic N) is 3. The van der Waals surface area contributed by atoms with Crippen molar-refractivity contribution in [2.45, 2.75) is 52.0 Å². The van der Waals surface area contributed by atoms with E-state index in [1.54, 1.807) is 0 Å². The molecule has 3 unspecified atom stereocenters. The zero-order chi connectivity index (χ0) is 15.8. The zero-order valence-corrected chi connectivity index (χ0v) is 14.0. The number of aryl methyl sites for hydroxylation is 1. The average molecular weight is 315 g/mol. The molecule has 0 radical (unpaired) electrons. The van der Waals surface area contributed by atoms with E-state index in [1.807, 2.05) is 6.92 Å². The molecule has 0 aromatic carbocycles. The zero-order valence-electron chi connectivity index (χ0n) is 14.0. The van der Waals surface area contributed by atoms with Crippen molar-refractivity contribution in [2.75, 3.05) is 13.1 Å². The molecule has 0 bridgehead atoms. The SMILES string of the molecule is Cc1nc(CC2CCCN(Cc3ccc(C4CC4C)o3)C2)no1. The molecular weight excluding hydrogens is 290 g/mol. The van der Waals surface area contributed by atoms with Crippen LogP contribution < -0.4 is 0 Å². The van der Waals surface area contributed by atoms with Crippen molar-refractivity contribution in [3.63, 3.8) is 0 Å². The van der Waals surface area contributed by atoms with Gasteiger partial charge in [-0.2, -0.15) is 4.98 Å². The van der Waals surface area contributed by atoms with E-state index in [4.69, 9.17) is 8.94 Å². The first-order valence-corrected chi connectivity index (χ1v) is 8.77. The number of hydrogen-bond acceptors (Lipinski definition) is 5. The van der Waals surface area contributed by atoms with Gasteiger partial charge in [0.25, 0.3) is 0 Å². The first kappa shape index (κ1) is 14.9. The molecule has 3 atom stereocenters. The van der Waals surface area contributed by atoms with Gasteiger partial charge in [0.05, 0.1) is 6.54 Å². The molecule has 1 aliphatic carbocycles. The quantitative estimate of drug-likeness (QED) is 0.844. The fourth-order valence-electron chi connectivity index (χ4n) is 3.76. The van der Waals surface area contributed by atoms with Crippen molar-refractivity contribution >= 4 is 0 Å². The molecule has 1 saturated carbocycles. The largest absolute Gasteiger partial charge is 0.464 e. The second-order valence-corrected chi connectivity index (χ2v) is 7.30. The van der Waals surface area contributed by atoms with Crippen LogP contribution in [0, 0.1) is 18.8 Å². The van der Waals surface area contributed by atoms with Gasteiger partial charge in [0, 0.05) is 25.8 Å². The monoisotopic (exact) mass is 315 g/mol. The van der Waals surface area contributed by atoms with E-state index in [1.165, 1.54) is 25.0 Å². The lowest BCUT2D eigenvalue weighted by molar-refractivity contribution is 0.154. The van der Waals surface area contributed by atoms with E-state index < -0.39 is 0 Å². The third-order valence-electron chi connectivity index (χ3n) is 5.18. The highest BCUT2D eigenvalue weighted by Crippen LogP contribution is 2.47. The Morgan fingerprint density at radius 1 is 1.35 bits per heavy atom. The lowest BCUT2D eigenvalue weighted by Crippen LogP contribution is -2.35. The van der Waals surface area contributed by atoms with Crippen molar-refractivity contribution < 1.29 is 8.94 Å².